The second-order valence-corrected chi connectivity index (χ2v) is 2.50. The maximum Gasteiger partial charge on any atom is 0.311 e. The second kappa shape index (κ2) is 3.21. The molecule has 0 spiro atoms. The van der Waals surface area contributed by atoms with Gasteiger partial charge >= 0.3 is 5.97 Å². The lowest BCUT2D eigenvalue weighted by atomic mass is 10.2. The van der Waals surface area contributed by atoms with E-state index < -0.39 is 12.4 Å². The molecule has 0 saturated carbocycles. The maximum atomic E-state index is 11.1. The fourth-order valence-corrected chi connectivity index (χ4v) is 0.979. The summed E-state index contributed by atoms with van der Waals surface area (Å²) in [6.07, 6.45) is 1.26. The predicted octanol–water partition coefficient (Wildman–Crippen LogP) is 0.682. The van der Waals surface area contributed by atoms with Crippen LogP contribution in [-0.2, 0) is 11.8 Å². The molecule has 0 bridgehead atoms. The van der Waals surface area contributed by atoms with Gasteiger partial charge in [-0.2, -0.15) is 0 Å². The van der Waals surface area contributed by atoms with E-state index in [-0.39, 0.29) is 5.78 Å². The highest BCUT2D eigenvalue weighted by molar-refractivity contribution is 6.04. The molecule has 4 nitrogen and oxygen atoms in total. The van der Waals surface area contributed by atoms with Crippen molar-refractivity contribution in [1.29, 1.82) is 0 Å². The topological polar surface area (TPSA) is 59.3 Å². The number of aryl methyl sites for hydroxylation is 1. The van der Waals surface area contributed by atoms with E-state index in [2.05, 4.69) is 0 Å². The molecule has 0 aromatic carbocycles. The molecule has 0 fully saturated rings. The number of hydrogen-bond acceptors (Lipinski definition) is 2. The van der Waals surface area contributed by atoms with E-state index in [9.17, 15) is 9.59 Å². The second-order valence-electron chi connectivity index (χ2n) is 2.50. The van der Waals surface area contributed by atoms with Crippen LogP contribution in [-0.4, -0.2) is 21.4 Å². The van der Waals surface area contributed by atoms with Gasteiger partial charge in [0.1, 0.15) is 6.42 Å². The molecular weight excluding hydrogens is 158 g/mol. The number of aliphatic carboxylic acids is 1. The van der Waals surface area contributed by atoms with E-state index in [1.54, 1.807) is 29.9 Å². The standard InChI is InChI=1S/C8H9NO3/c1-9-4-2-3-6(9)7(10)5-8(11)12/h2-4H,5H2,1H3,(H,11,12). The van der Waals surface area contributed by atoms with Crippen LogP contribution in [0.4, 0.5) is 0 Å². The van der Waals surface area contributed by atoms with Gasteiger partial charge in [0.2, 0.25) is 0 Å². The summed E-state index contributed by atoms with van der Waals surface area (Å²) < 4.78 is 1.60. The van der Waals surface area contributed by atoms with Gasteiger partial charge in [0.25, 0.3) is 0 Å². The highest BCUT2D eigenvalue weighted by Crippen LogP contribution is 2.03. The van der Waals surface area contributed by atoms with E-state index in [4.69, 9.17) is 5.11 Å². The summed E-state index contributed by atoms with van der Waals surface area (Å²) in [7, 11) is 1.70. The lowest BCUT2D eigenvalue weighted by Crippen LogP contribution is -2.10. The van der Waals surface area contributed by atoms with Crippen molar-refractivity contribution in [3.05, 3.63) is 24.0 Å². The average Bonchev–Trinajstić information content (AvgIpc) is 2.33. The molecule has 1 aromatic rings. The SMILES string of the molecule is Cn1cccc1C(=O)CC(=O)O. The first-order valence-electron chi connectivity index (χ1n) is 3.47. The normalized spacial score (nSPS) is 9.75. The van der Waals surface area contributed by atoms with Gasteiger partial charge in [-0.25, -0.2) is 0 Å². The number of aromatic nitrogens is 1. The van der Waals surface area contributed by atoms with Gasteiger partial charge in [0.05, 0.1) is 5.69 Å². The summed E-state index contributed by atoms with van der Waals surface area (Å²) in [6, 6.07) is 3.31. The van der Waals surface area contributed by atoms with Crippen molar-refractivity contribution >= 4 is 11.8 Å². The van der Waals surface area contributed by atoms with Gasteiger partial charge in [-0.1, -0.05) is 0 Å². The molecule has 0 unspecified atom stereocenters. The molecular formula is C8H9NO3. The predicted molar refractivity (Wildman–Crippen MR) is 42.0 cm³/mol. The monoisotopic (exact) mass is 167 g/mol. The van der Waals surface area contributed by atoms with Gasteiger partial charge in [0.15, 0.2) is 5.78 Å². The molecule has 0 aliphatic carbocycles. The quantitative estimate of drug-likeness (QED) is 0.532. The van der Waals surface area contributed by atoms with E-state index in [1.807, 2.05) is 0 Å². The van der Waals surface area contributed by atoms with Crippen molar-refractivity contribution in [2.24, 2.45) is 7.05 Å². The van der Waals surface area contributed by atoms with E-state index in [1.165, 1.54) is 0 Å². The van der Waals surface area contributed by atoms with Crippen LogP contribution in [0.15, 0.2) is 18.3 Å². The third-order valence-corrected chi connectivity index (χ3v) is 1.54. The van der Waals surface area contributed by atoms with Gasteiger partial charge in [-0.15, -0.1) is 0 Å². The van der Waals surface area contributed by atoms with Crippen molar-refractivity contribution < 1.29 is 14.7 Å². The number of carbonyl (C=O) groups is 2. The van der Waals surface area contributed by atoms with Crippen LogP contribution in [0.5, 0.6) is 0 Å². The van der Waals surface area contributed by atoms with Gasteiger partial charge in [-0.3, -0.25) is 9.59 Å². The van der Waals surface area contributed by atoms with E-state index in [0.29, 0.717) is 5.69 Å². The molecule has 0 saturated heterocycles. The Kier molecular flexibility index (Phi) is 2.28. The third kappa shape index (κ3) is 1.72. The number of hydrogen-bond donors (Lipinski definition) is 1. The van der Waals surface area contributed by atoms with Crippen molar-refractivity contribution in [2.45, 2.75) is 6.42 Å². The Balaban J connectivity index is 2.78. The number of Topliss-reactive ketones (excluding diaryl/α,β-unsaturated/α-hetero) is 1. The molecule has 12 heavy (non-hydrogen) atoms. The lowest BCUT2D eigenvalue weighted by Gasteiger charge is -1.98. The minimum atomic E-state index is -1.10. The van der Waals surface area contributed by atoms with Crippen LogP contribution >= 0.6 is 0 Å². The largest absolute Gasteiger partial charge is 0.481 e. The number of ketones is 1. The number of rotatable bonds is 3. The van der Waals surface area contributed by atoms with Crippen molar-refractivity contribution in [3.8, 4) is 0 Å². The minimum absolute atomic E-state index is 0.366. The summed E-state index contributed by atoms with van der Waals surface area (Å²) >= 11 is 0. The zero-order valence-corrected chi connectivity index (χ0v) is 6.65. The summed E-state index contributed by atoms with van der Waals surface area (Å²) in [6.45, 7) is 0. The van der Waals surface area contributed by atoms with Crippen LogP contribution in [0, 0.1) is 0 Å². The Hall–Kier alpha value is -1.58. The van der Waals surface area contributed by atoms with E-state index in [0.717, 1.165) is 0 Å². The molecule has 1 rings (SSSR count). The molecule has 64 valence electrons. The molecule has 4 heteroatoms. The fourth-order valence-electron chi connectivity index (χ4n) is 0.979. The van der Waals surface area contributed by atoms with Gasteiger partial charge in [-0.05, 0) is 12.1 Å². The first kappa shape index (κ1) is 8.52. The Morgan fingerprint density at radius 1 is 1.58 bits per heavy atom. The molecule has 0 radical (unpaired) electrons. The lowest BCUT2D eigenvalue weighted by molar-refractivity contribution is -0.135. The molecule has 0 atom stereocenters. The molecule has 0 aliphatic rings. The van der Waals surface area contributed by atoms with Crippen molar-refractivity contribution in [1.82, 2.24) is 4.57 Å². The summed E-state index contributed by atoms with van der Waals surface area (Å²) in [5, 5.41) is 8.34. The Labute approximate surface area is 69.4 Å². The molecule has 0 amide bonds. The van der Waals surface area contributed by atoms with Crippen LogP contribution in [0.3, 0.4) is 0 Å². The van der Waals surface area contributed by atoms with Crippen LogP contribution in [0.2, 0.25) is 0 Å². The van der Waals surface area contributed by atoms with Crippen LogP contribution in [0.25, 0.3) is 0 Å². The van der Waals surface area contributed by atoms with Crippen molar-refractivity contribution in [2.75, 3.05) is 0 Å². The highest BCUT2D eigenvalue weighted by atomic mass is 16.4. The number of nitrogens with zero attached hydrogens (tertiary/aromatic N) is 1. The number of carboxylic acid groups (broad SMARTS) is 1. The first-order chi connectivity index (χ1) is 5.61. The third-order valence-electron chi connectivity index (χ3n) is 1.54. The van der Waals surface area contributed by atoms with Crippen molar-refractivity contribution in [3.63, 3.8) is 0 Å². The van der Waals surface area contributed by atoms with Gasteiger partial charge in [0, 0.05) is 13.2 Å². The fraction of sp³-hybridized carbons (Fsp3) is 0.250. The van der Waals surface area contributed by atoms with Crippen LogP contribution in [0.1, 0.15) is 16.9 Å². The highest BCUT2D eigenvalue weighted by Gasteiger charge is 2.12. The maximum absolute atomic E-state index is 11.1. The zero-order valence-electron chi connectivity index (χ0n) is 6.65. The summed E-state index contributed by atoms with van der Waals surface area (Å²) in [4.78, 5) is 21.3. The average molecular weight is 167 g/mol. The molecule has 1 N–H and O–H groups in total. The number of carboxylic acids is 1. The first-order valence-corrected chi connectivity index (χ1v) is 3.47. The summed E-state index contributed by atoms with van der Waals surface area (Å²) in [5.41, 5.74) is 0.428. The minimum Gasteiger partial charge on any atom is -0.481 e. The summed E-state index contributed by atoms with van der Waals surface area (Å²) in [5.74, 6) is -1.46. The molecule has 1 heterocycles. The smallest absolute Gasteiger partial charge is 0.311 e. The Morgan fingerprint density at radius 3 is 2.67 bits per heavy atom. The van der Waals surface area contributed by atoms with Crippen LogP contribution < -0.4 is 0 Å². The van der Waals surface area contributed by atoms with Gasteiger partial charge < -0.3 is 9.67 Å². The Morgan fingerprint density at radius 2 is 2.25 bits per heavy atom. The molecule has 0 aliphatic heterocycles. The molecule has 1 aromatic heterocycles. The van der Waals surface area contributed by atoms with E-state index >= 15 is 0 Å². The zero-order chi connectivity index (χ0) is 9.14. The Bertz CT molecular complexity index is 314. The number of carbonyl (C=O) groups excluding carboxylic acids is 1.